The number of nitrogens with one attached hydrogen (secondary N) is 2. The predicted molar refractivity (Wildman–Crippen MR) is 106 cm³/mol. The summed E-state index contributed by atoms with van der Waals surface area (Å²) in [6, 6.07) is 14.0. The molecule has 0 aliphatic carbocycles. The number of carbonyl (C=O) groups is 3. The van der Waals surface area contributed by atoms with E-state index in [1.54, 1.807) is 49.0 Å². The van der Waals surface area contributed by atoms with Gasteiger partial charge in [0.05, 0.1) is 0 Å². The van der Waals surface area contributed by atoms with E-state index in [0.717, 1.165) is 4.90 Å². The first kappa shape index (κ1) is 19.5. The fraction of sp³-hybridized carbons (Fsp3) is 0.150. The molecule has 0 saturated heterocycles. The van der Waals surface area contributed by atoms with Crippen molar-refractivity contribution in [1.29, 1.82) is 0 Å². The van der Waals surface area contributed by atoms with E-state index in [1.165, 1.54) is 13.0 Å². The van der Waals surface area contributed by atoms with E-state index in [1.807, 2.05) is 24.5 Å². The summed E-state index contributed by atoms with van der Waals surface area (Å²) in [5.74, 6) is -0.794. The van der Waals surface area contributed by atoms with Crippen LogP contribution in [0.4, 0.5) is 11.4 Å². The van der Waals surface area contributed by atoms with Crippen molar-refractivity contribution in [1.82, 2.24) is 0 Å². The van der Waals surface area contributed by atoms with Crippen LogP contribution in [0.25, 0.3) is 0 Å². The number of anilines is 2. The van der Waals surface area contributed by atoms with Gasteiger partial charge in [-0.2, -0.15) is 0 Å². The molecule has 0 atom stereocenters. The molecule has 0 aliphatic heterocycles. The lowest BCUT2D eigenvalue weighted by Crippen LogP contribution is -2.16. The molecule has 0 aromatic heterocycles. The smallest absolute Gasteiger partial charge is 0.251 e. The first-order valence-electron chi connectivity index (χ1n) is 7.94. The average Bonchev–Trinajstić information content (AvgIpc) is 2.62. The van der Waals surface area contributed by atoms with Crippen molar-refractivity contribution in [3.63, 3.8) is 0 Å². The molecule has 0 unspecified atom stereocenters. The Morgan fingerprint density at radius 2 is 1.62 bits per heavy atom. The zero-order chi connectivity index (χ0) is 19.1. The first-order chi connectivity index (χ1) is 12.4. The largest absolute Gasteiger partial charge is 0.323 e. The number of hydrogen-bond acceptors (Lipinski definition) is 4. The number of carbonyl (C=O) groups excluding carboxylic acids is 3. The zero-order valence-corrected chi connectivity index (χ0v) is 15.6. The van der Waals surface area contributed by atoms with Gasteiger partial charge in [-0.15, -0.1) is 11.8 Å². The maximum Gasteiger partial charge on any atom is 0.251 e. The lowest BCUT2D eigenvalue weighted by molar-refractivity contribution is -0.114. The summed E-state index contributed by atoms with van der Waals surface area (Å²) in [7, 11) is 0. The van der Waals surface area contributed by atoms with Crippen LogP contribution in [0.3, 0.4) is 0 Å². The lowest BCUT2D eigenvalue weighted by Gasteiger charge is -2.07. The van der Waals surface area contributed by atoms with E-state index in [-0.39, 0.29) is 17.3 Å². The van der Waals surface area contributed by atoms with Crippen molar-refractivity contribution >= 4 is 40.7 Å². The number of benzene rings is 2. The van der Waals surface area contributed by atoms with Crippen LogP contribution in [-0.4, -0.2) is 23.9 Å². The molecule has 2 N–H and O–H groups in total. The van der Waals surface area contributed by atoms with Gasteiger partial charge in [0.15, 0.2) is 5.78 Å². The summed E-state index contributed by atoms with van der Waals surface area (Å²) >= 11 is 1.58. The normalized spacial score (nSPS) is 11.0. The van der Waals surface area contributed by atoms with Crippen molar-refractivity contribution in [2.75, 3.05) is 16.9 Å². The Bertz CT molecular complexity index is 858. The van der Waals surface area contributed by atoms with Gasteiger partial charge < -0.3 is 10.6 Å². The van der Waals surface area contributed by atoms with Crippen molar-refractivity contribution in [3.05, 3.63) is 65.7 Å². The van der Waals surface area contributed by atoms with Crippen LogP contribution in [0.15, 0.2) is 65.1 Å². The molecule has 2 aromatic carbocycles. The van der Waals surface area contributed by atoms with Gasteiger partial charge in [0.1, 0.15) is 0 Å². The van der Waals surface area contributed by atoms with E-state index >= 15 is 0 Å². The van der Waals surface area contributed by atoms with E-state index in [2.05, 4.69) is 10.6 Å². The fourth-order valence-electron chi connectivity index (χ4n) is 2.16. The summed E-state index contributed by atoms with van der Waals surface area (Å²) in [4.78, 5) is 36.6. The van der Waals surface area contributed by atoms with Crippen LogP contribution in [0.1, 0.15) is 24.2 Å². The summed E-state index contributed by atoms with van der Waals surface area (Å²) in [6.45, 7) is 3.05. The van der Waals surface area contributed by atoms with Gasteiger partial charge in [-0.25, -0.2) is 0 Å². The second kappa shape index (κ2) is 9.01. The standard InChI is InChI=1S/C20H20N2O3S/c1-13(20(25)22-17-5-4-6-18(12-17)26-3)11-19(24)21-16-9-7-15(8-10-16)14(2)23/h4-12H,1-3H3,(H,21,24)(H,22,25)/b13-11-. The van der Waals surface area contributed by atoms with Crippen LogP contribution >= 0.6 is 11.8 Å². The molecule has 26 heavy (non-hydrogen) atoms. The van der Waals surface area contributed by atoms with Crippen LogP contribution < -0.4 is 10.6 Å². The number of rotatable bonds is 6. The molecule has 2 aromatic rings. The Labute approximate surface area is 156 Å². The molecule has 0 spiro atoms. The molecule has 134 valence electrons. The number of ketones is 1. The lowest BCUT2D eigenvalue weighted by atomic mass is 10.1. The average molecular weight is 368 g/mol. The molecule has 2 rings (SSSR count). The molecule has 0 fully saturated rings. The number of Topliss-reactive ketones (excluding diaryl/α,β-unsaturated/α-hetero) is 1. The second-order valence-electron chi connectivity index (χ2n) is 5.64. The summed E-state index contributed by atoms with van der Waals surface area (Å²) in [5.41, 5.74) is 2.09. The third-order valence-electron chi connectivity index (χ3n) is 3.59. The Balaban J connectivity index is 1.99. The van der Waals surface area contributed by atoms with Crippen molar-refractivity contribution < 1.29 is 14.4 Å². The van der Waals surface area contributed by atoms with Gasteiger partial charge in [0, 0.05) is 33.5 Å². The van der Waals surface area contributed by atoms with Gasteiger partial charge in [-0.1, -0.05) is 6.07 Å². The fourth-order valence-corrected chi connectivity index (χ4v) is 2.62. The molecule has 2 amide bonds. The molecule has 0 aliphatic rings. The number of hydrogen-bond donors (Lipinski definition) is 2. The number of thioether (sulfide) groups is 1. The van der Waals surface area contributed by atoms with E-state index in [0.29, 0.717) is 16.9 Å². The molecule has 0 bridgehead atoms. The van der Waals surface area contributed by atoms with Gasteiger partial charge >= 0.3 is 0 Å². The summed E-state index contributed by atoms with van der Waals surface area (Å²) < 4.78 is 0. The minimum absolute atomic E-state index is 0.0409. The molecule has 0 saturated carbocycles. The van der Waals surface area contributed by atoms with Gasteiger partial charge in [-0.05, 0) is 62.6 Å². The SMILES string of the molecule is CSc1cccc(NC(=O)/C(C)=C\C(=O)Nc2ccc(C(C)=O)cc2)c1. The Hall–Kier alpha value is -2.86. The summed E-state index contributed by atoms with van der Waals surface area (Å²) in [6.07, 6.45) is 3.20. The maximum atomic E-state index is 12.2. The molecule has 5 nitrogen and oxygen atoms in total. The third kappa shape index (κ3) is 5.60. The highest BCUT2D eigenvalue weighted by Crippen LogP contribution is 2.19. The number of amides is 2. The molecule has 6 heteroatoms. The van der Waals surface area contributed by atoms with E-state index in [4.69, 9.17) is 0 Å². The molecular formula is C20H20N2O3S. The Kier molecular flexibility index (Phi) is 6.74. The monoisotopic (exact) mass is 368 g/mol. The highest BCUT2D eigenvalue weighted by molar-refractivity contribution is 7.98. The van der Waals surface area contributed by atoms with Gasteiger partial charge in [0.25, 0.3) is 5.91 Å². The third-order valence-corrected chi connectivity index (χ3v) is 4.32. The van der Waals surface area contributed by atoms with Crippen molar-refractivity contribution in [2.45, 2.75) is 18.7 Å². The van der Waals surface area contributed by atoms with E-state index < -0.39 is 5.91 Å². The van der Waals surface area contributed by atoms with Crippen LogP contribution in [0.5, 0.6) is 0 Å². The maximum absolute atomic E-state index is 12.2. The first-order valence-corrected chi connectivity index (χ1v) is 9.17. The second-order valence-corrected chi connectivity index (χ2v) is 6.52. The summed E-state index contributed by atoms with van der Waals surface area (Å²) in [5, 5.41) is 5.43. The predicted octanol–water partition coefficient (Wildman–Crippen LogP) is 4.13. The quantitative estimate of drug-likeness (QED) is 0.457. The Morgan fingerprint density at radius 3 is 2.23 bits per heavy atom. The van der Waals surface area contributed by atoms with Gasteiger partial charge in [0.2, 0.25) is 5.91 Å². The van der Waals surface area contributed by atoms with Crippen LogP contribution in [0, 0.1) is 0 Å². The molecule has 0 heterocycles. The minimum atomic E-state index is -0.411. The van der Waals surface area contributed by atoms with Crippen LogP contribution in [0.2, 0.25) is 0 Å². The minimum Gasteiger partial charge on any atom is -0.323 e. The van der Waals surface area contributed by atoms with Crippen molar-refractivity contribution in [2.24, 2.45) is 0 Å². The highest BCUT2D eigenvalue weighted by atomic mass is 32.2. The zero-order valence-electron chi connectivity index (χ0n) is 14.8. The van der Waals surface area contributed by atoms with Crippen LogP contribution in [-0.2, 0) is 9.59 Å². The van der Waals surface area contributed by atoms with Gasteiger partial charge in [-0.3, -0.25) is 14.4 Å². The topological polar surface area (TPSA) is 75.3 Å². The molecular weight excluding hydrogens is 348 g/mol. The highest BCUT2D eigenvalue weighted by Gasteiger charge is 2.08. The van der Waals surface area contributed by atoms with E-state index in [9.17, 15) is 14.4 Å². The molecule has 0 radical (unpaired) electrons. The Morgan fingerprint density at radius 1 is 0.923 bits per heavy atom. The van der Waals surface area contributed by atoms with Crippen molar-refractivity contribution in [3.8, 4) is 0 Å².